The predicted molar refractivity (Wildman–Crippen MR) is 141 cm³/mol. The first kappa shape index (κ1) is 23.9. The average molecular weight is 499 g/mol. The van der Waals surface area contributed by atoms with Crippen LogP contribution in [0.15, 0.2) is 66.9 Å². The van der Waals surface area contributed by atoms with Gasteiger partial charge in [0.1, 0.15) is 11.5 Å². The van der Waals surface area contributed by atoms with Gasteiger partial charge in [0.05, 0.1) is 25.4 Å². The first-order chi connectivity index (χ1) is 18.1. The number of rotatable bonds is 8. The van der Waals surface area contributed by atoms with Gasteiger partial charge >= 0.3 is 6.03 Å². The smallest absolute Gasteiger partial charge is 0.338 e. The van der Waals surface area contributed by atoms with E-state index in [0.717, 1.165) is 24.6 Å². The van der Waals surface area contributed by atoms with Crippen LogP contribution in [-0.4, -0.2) is 31.6 Å². The largest absolute Gasteiger partial charge is 0.493 e. The van der Waals surface area contributed by atoms with Crippen LogP contribution in [0.25, 0.3) is 10.9 Å². The van der Waals surface area contributed by atoms with E-state index in [4.69, 9.17) is 14.2 Å². The standard InChI is InChI=1S/C28H26N4O5/c1-35-26-15-23-24(16-27(26)36-2)29-13-12-25(23)37-22-10-7-20(8-11-22)30-28(34)31-32(17-33)21-9-6-18-4-3-5-19(18)14-21/h6-17H,3-5H2,1-2H3,(H2,30,31,34). The molecule has 9 nitrogen and oxygen atoms in total. The van der Waals surface area contributed by atoms with Crippen LogP contribution in [0.1, 0.15) is 17.5 Å². The lowest BCUT2D eigenvalue weighted by Gasteiger charge is -2.19. The van der Waals surface area contributed by atoms with Gasteiger partial charge in [-0.05, 0) is 78.9 Å². The van der Waals surface area contributed by atoms with Gasteiger partial charge in [-0.25, -0.2) is 15.2 Å². The van der Waals surface area contributed by atoms with Gasteiger partial charge in [-0.3, -0.25) is 9.78 Å². The summed E-state index contributed by atoms with van der Waals surface area (Å²) in [6, 6.07) is 17.5. The summed E-state index contributed by atoms with van der Waals surface area (Å²) in [5.74, 6) is 2.32. The van der Waals surface area contributed by atoms with Crippen molar-refractivity contribution in [1.29, 1.82) is 0 Å². The highest BCUT2D eigenvalue weighted by molar-refractivity contribution is 5.93. The fourth-order valence-electron chi connectivity index (χ4n) is 4.40. The van der Waals surface area contributed by atoms with Crippen molar-refractivity contribution in [2.24, 2.45) is 0 Å². The summed E-state index contributed by atoms with van der Waals surface area (Å²) in [7, 11) is 3.14. The van der Waals surface area contributed by atoms with Gasteiger partial charge in [-0.2, -0.15) is 0 Å². The number of aromatic nitrogens is 1. The van der Waals surface area contributed by atoms with E-state index in [-0.39, 0.29) is 0 Å². The number of ether oxygens (including phenoxy) is 3. The van der Waals surface area contributed by atoms with Crippen molar-refractivity contribution in [2.45, 2.75) is 19.3 Å². The zero-order chi connectivity index (χ0) is 25.8. The maximum absolute atomic E-state index is 12.5. The van der Waals surface area contributed by atoms with E-state index in [0.29, 0.717) is 46.3 Å². The number of nitrogens with zero attached hydrogens (tertiary/aromatic N) is 2. The third kappa shape index (κ3) is 5.11. The molecule has 0 spiro atoms. The van der Waals surface area contributed by atoms with Crippen LogP contribution >= 0.6 is 0 Å². The number of hydrogen-bond acceptors (Lipinski definition) is 6. The highest BCUT2D eigenvalue weighted by Crippen LogP contribution is 2.37. The zero-order valence-corrected chi connectivity index (χ0v) is 20.5. The molecular weight excluding hydrogens is 472 g/mol. The number of carbonyl (C=O) groups excluding carboxylic acids is 2. The fourth-order valence-corrected chi connectivity index (χ4v) is 4.40. The zero-order valence-electron chi connectivity index (χ0n) is 20.5. The predicted octanol–water partition coefficient (Wildman–Crippen LogP) is 5.23. The molecule has 1 heterocycles. The van der Waals surface area contributed by atoms with Gasteiger partial charge in [0.25, 0.3) is 0 Å². The summed E-state index contributed by atoms with van der Waals surface area (Å²) in [6.07, 6.45) is 5.37. The highest BCUT2D eigenvalue weighted by atomic mass is 16.5. The molecule has 1 aliphatic rings. The molecule has 3 amide bonds. The summed E-state index contributed by atoms with van der Waals surface area (Å²) in [5.41, 5.74) is 6.93. The Balaban J connectivity index is 1.26. The number of aryl methyl sites for hydroxylation is 2. The maximum atomic E-state index is 12.5. The molecule has 0 atom stereocenters. The molecule has 0 saturated carbocycles. The van der Waals surface area contributed by atoms with Gasteiger partial charge in [-0.15, -0.1) is 0 Å². The van der Waals surface area contributed by atoms with Gasteiger partial charge in [0.2, 0.25) is 6.41 Å². The van der Waals surface area contributed by atoms with Gasteiger partial charge in [0, 0.05) is 23.3 Å². The second-order valence-electron chi connectivity index (χ2n) is 8.51. The van der Waals surface area contributed by atoms with Crippen LogP contribution in [-0.2, 0) is 17.6 Å². The Kier molecular flexibility index (Phi) is 6.76. The van der Waals surface area contributed by atoms with E-state index in [9.17, 15) is 9.59 Å². The molecule has 0 fully saturated rings. The minimum atomic E-state index is -0.539. The van der Waals surface area contributed by atoms with Crippen LogP contribution in [0.2, 0.25) is 0 Å². The molecule has 0 radical (unpaired) electrons. The third-order valence-electron chi connectivity index (χ3n) is 6.23. The second kappa shape index (κ2) is 10.4. The number of fused-ring (bicyclic) bond motifs is 2. The molecule has 5 rings (SSSR count). The first-order valence-corrected chi connectivity index (χ1v) is 11.8. The van der Waals surface area contributed by atoms with Crippen LogP contribution in [0.4, 0.5) is 16.2 Å². The number of methoxy groups -OCH3 is 2. The molecule has 0 aliphatic heterocycles. The lowest BCUT2D eigenvalue weighted by Crippen LogP contribution is -2.43. The Labute approximate surface area is 213 Å². The van der Waals surface area contributed by atoms with Crippen LogP contribution in [0.3, 0.4) is 0 Å². The van der Waals surface area contributed by atoms with Crippen molar-refractivity contribution in [2.75, 3.05) is 24.5 Å². The molecule has 37 heavy (non-hydrogen) atoms. The Morgan fingerprint density at radius 3 is 2.43 bits per heavy atom. The summed E-state index contributed by atoms with van der Waals surface area (Å²) in [5, 5.41) is 4.67. The number of benzene rings is 3. The van der Waals surface area contributed by atoms with Crippen molar-refractivity contribution >= 4 is 34.7 Å². The molecular formula is C28H26N4O5. The van der Waals surface area contributed by atoms with Gasteiger partial charge < -0.3 is 19.5 Å². The SMILES string of the molecule is COc1cc2nccc(Oc3ccc(NC(=O)NN(C=O)c4ccc5c(c4)CCC5)cc3)c2cc1OC. The molecule has 0 unspecified atom stereocenters. The fraction of sp³-hybridized carbons (Fsp3) is 0.179. The summed E-state index contributed by atoms with van der Waals surface area (Å²) in [4.78, 5) is 28.6. The lowest BCUT2D eigenvalue weighted by molar-refractivity contribution is -0.107. The van der Waals surface area contributed by atoms with Crippen molar-refractivity contribution < 1.29 is 23.8 Å². The number of pyridine rings is 1. The number of amides is 3. The monoisotopic (exact) mass is 498 g/mol. The number of carbonyl (C=O) groups is 2. The quantitative estimate of drug-likeness (QED) is 0.255. The first-order valence-electron chi connectivity index (χ1n) is 11.8. The topological polar surface area (TPSA) is 102 Å². The van der Waals surface area contributed by atoms with E-state index >= 15 is 0 Å². The van der Waals surface area contributed by atoms with Crippen LogP contribution in [0, 0.1) is 0 Å². The molecule has 0 bridgehead atoms. The normalized spacial score (nSPS) is 11.9. The van der Waals surface area contributed by atoms with Crippen LogP contribution < -0.4 is 30.0 Å². The Bertz CT molecular complexity index is 1460. The number of urea groups is 1. The molecule has 1 aliphatic carbocycles. The lowest BCUT2D eigenvalue weighted by atomic mass is 10.1. The van der Waals surface area contributed by atoms with Gasteiger partial charge in [-0.1, -0.05) is 6.07 Å². The van der Waals surface area contributed by atoms with Crippen LogP contribution in [0.5, 0.6) is 23.0 Å². The number of hydrogen-bond donors (Lipinski definition) is 2. The average Bonchev–Trinajstić information content (AvgIpc) is 3.40. The Hall–Kier alpha value is -4.79. The van der Waals surface area contributed by atoms with E-state index < -0.39 is 6.03 Å². The van der Waals surface area contributed by atoms with E-state index in [1.165, 1.54) is 16.1 Å². The molecule has 188 valence electrons. The van der Waals surface area contributed by atoms with E-state index in [1.807, 2.05) is 24.3 Å². The summed E-state index contributed by atoms with van der Waals surface area (Å²) >= 11 is 0. The van der Waals surface area contributed by atoms with Gasteiger partial charge in [0.15, 0.2) is 11.5 Å². The van der Waals surface area contributed by atoms with E-state index in [1.54, 1.807) is 56.8 Å². The third-order valence-corrected chi connectivity index (χ3v) is 6.23. The van der Waals surface area contributed by atoms with Crippen molar-refractivity contribution in [3.05, 3.63) is 78.0 Å². The molecule has 3 aromatic carbocycles. The number of hydrazine groups is 1. The summed E-state index contributed by atoms with van der Waals surface area (Å²) in [6.45, 7) is 0. The molecule has 4 aromatic rings. The highest BCUT2D eigenvalue weighted by Gasteiger charge is 2.16. The summed E-state index contributed by atoms with van der Waals surface area (Å²) < 4.78 is 16.8. The maximum Gasteiger partial charge on any atom is 0.338 e. The Morgan fingerprint density at radius 1 is 0.919 bits per heavy atom. The minimum absolute atomic E-state index is 0.538. The molecule has 2 N–H and O–H groups in total. The van der Waals surface area contributed by atoms with Crippen molar-refractivity contribution in [3.63, 3.8) is 0 Å². The molecule has 0 saturated heterocycles. The number of anilines is 2. The van der Waals surface area contributed by atoms with E-state index in [2.05, 4.69) is 15.7 Å². The van der Waals surface area contributed by atoms with Crippen molar-refractivity contribution in [3.8, 4) is 23.0 Å². The number of nitrogens with one attached hydrogen (secondary N) is 2. The molecule has 1 aromatic heterocycles. The Morgan fingerprint density at radius 2 is 1.68 bits per heavy atom. The second-order valence-corrected chi connectivity index (χ2v) is 8.51. The minimum Gasteiger partial charge on any atom is -0.493 e. The molecule has 9 heteroatoms. The van der Waals surface area contributed by atoms with Crippen molar-refractivity contribution in [1.82, 2.24) is 10.4 Å².